The summed E-state index contributed by atoms with van der Waals surface area (Å²) in [6.45, 7) is 0. The molecule has 2 rings (SSSR count). The van der Waals surface area contributed by atoms with Crippen molar-refractivity contribution >= 4 is 11.8 Å². The Morgan fingerprint density at radius 3 is 3.06 bits per heavy atom. The highest BCUT2D eigenvalue weighted by Crippen LogP contribution is 2.17. The number of hydrogen-bond donors (Lipinski definition) is 1. The molecule has 0 aliphatic heterocycles. The molecular formula is C9H13N5OS. The van der Waals surface area contributed by atoms with Gasteiger partial charge in [0.1, 0.15) is 6.04 Å². The Balaban J connectivity index is 2.17. The number of nitrogens with two attached hydrogens (primary N) is 1. The molecule has 0 fully saturated rings. The van der Waals surface area contributed by atoms with E-state index in [4.69, 9.17) is 10.3 Å². The van der Waals surface area contributed by atoms with Gasteiger partial charge >= 0.3 is 0 Å². The number of rotatable bonds is 4. The van der Waals surface area contributed by atoms with Crippen LogP contribution in [0, 0.1) is 0 Å². The molecule has 0 saturated heterocycles. The Bertz CT molecular complexity index is 466. The van der Waals surface area contributed by atoms with E-state index in [9.17, 15) is 0 Å². The number of thioether (sulfide) groups is 1. The third-order valence-electron chi connectivity index (χ3n) is 2.11. The molecule has 0 aliphatic carbocycles. The molecule has 2 aromatic heterocycles. The molecule has 0 amide bonds. The fourth-order valence-electron chi connectivity index (χ4n) is 1.32. The van der Waals surface area contributed by atoms with Gasteiger partial charge in [0.2, 0.25) is 5.89 Å². The molecule has 0 saturated carbocycles. The summed E-state index contributed by atoms with van der Waals surface area (Å²) in [5, 5.41) is 7.89. The van der Waals surface area contributed by atoms with E-state index in [1.54, 1.807) is 22.6 Å². The Hall–Kier alpha value is -1.34. The maximum atomic E-state index is 5.98. The minimum Gasteiger partial charge on any atom is -0.337 e. The first-order valence-electron chi connectivity index (χ1n) is 4.76. The van der Waals surface area contributed by atoms with Gasteiger partial charge in [-0.2, -0.15) is 21.8 Å². The van der Waals surface area contributed by atoms with Crippen LogP contribution in [0.25, 0.3) is 0 Å². The van der Waals surface area contributed by atoms with E-state index in [0.717, 1.165) is 11.3 Å². The van der Waals surface area contributed by atoms with Crippen LogP contribution in [0.4, 0.5) is 0 Å². The van der Waals surface area contributed by atoms with Crippen LogP contribution in [-0.2, 0) is 12.8 Å². The highest BCUT2D eigenvalue weighted by Gasteiger charge is 2.17. The second-order valence-electron chi connectivity index (χ2n) is 3.41. The van der Waals surface area contributed by atoms with E-state index >= 15 is 0 Å². The van der Waals surface area contributed by atoms with Crippen molar-refractivity contribution in [3.05, 3.63) is 29.7 Å². The lowest BCUT2D eigenvalue weighted by molar-refractivity contribution is 0.363. The summed E-state index contributed by atoms with van der Waals surface area (Å²) in [6.07, 6.45) is 5.52. The average molecular weight is 239 g/mol. The zero-order valence-corrected chi connectivity index (χ0v) is 9.94. The molecule has 0 aliphatic rings. The van der Waals surface area contributed by atoms with Gasteiger partial charge in [0.15, 0.2) is 5.82 Å². The lowest BCUT2D eigenvalue weighted by Crippen LogP contribution is -2.11. The van der Waals surface area contributed by atoms with E-state index in [-0.39, 0.29) is 0 Å². The van der Waals surface area contributed by atoms with Gasteiger partial charge in [-0.05, 0) is 6.26 Å². The molecule has 0 aromatic carbocycles. The maximum Gasteiger partial charge on any atom is 0.248 e. The van der Waals surface area contributed by atoms with Crippen LogP contribution < -0.4 is 5.73 Å². The van der Waals surface area contributed by atoms with Gasteiger partial charge < -0.3 is 10.3 Å². The molecular weight excluding hydrogens is 226 g/mol. The van der Waals surface area contributed by atoms with Gasteiger partial charge in [0.05, 0.1) is 11.9 Å². The molecule has 6 nitrogen and oxygen atoms in total. The molecule has 2 aromatic rings. The maximum absolute atomic E-state index is 5.98. The molecule has 1 atom stereocenters. The molecule has 86 valence electrons. The van der Waals surface area contributed by atoms with Crippen molar-refractivity contribution in [1.82, 2.24) is 19.9 Å². The average Bonchev–Trinajstić information content (AvgIpc) is 2.87. The van der Waals surface area contributed by atoms with E-state index in [0.29, 0.717) is 11.7 Å². The second-order valence-corrected chi connectivity index (χ2v) is 4.27. The summed E-state index contributed by atoms with van der Waals surface area (Å²) >= 11 is 1.64. The fourth-order valence-corrected chi connectivity index (χ4v) is 1.70. The summed E-state index contributed by atoms with van der Waals surface area (Å²) < 4.78 is 6.80. The molecule has 2 N–H and O–H groups in total. The van der Waals surface area contributed by atoms with Crippen molar-refractivity contribution < 1.29 is 4.52 Å². The van der Waals surface area contributed by atoms with Gasteiger partial charge in [-0.3, -0.25) is 4.68 Å². The summed E-state index contributed by atoms with van der Waals surface area (Å²) in [6, 6.07) is -0.406. The zero-order chi connectivity index (χ0) is 11.5. The van der Waals surface area contributed by atoms with Crippen molar-refractivity contribution in [2.24, 2.45) is 12.8 Å². The first-order chi connectivity index (χ1) is 7.70. The van der Waals surface area contributed by atoms with Crippen LogP contribution in [-0.4, -0.2) is 26.2 Å². The lowest BCUT2D eigenvalue weighted by Gasteiger charge is -2.01. The topological polar surface area (TPSA) is 82.8 Å². The Kier molecular flexibility index (Phi) is 3.25. The predicted octanol–water partition coefficient (Wildman–Crippen LogP) is 0.714. The van der Waals surface area contributed by atoms with Crippen molar-refractivity contribution in [3.63, 3.8) is 0 Å². The Labute approximate surface area is 97.2 Å². The van der Waals surface area contributed by atoms with Crippen LogP contribution in [0.5, 0.6) is 0 Å². The van der Waals surface area contributed by atoms with Crippen LogP contribution >= 0.6 is 11.8 Å². The number of hydrogen-bond acceptors (Lipinski definition) is 6. The van der Waals surface area contributed by atoms with Crippen molar-refractivity contribution in [2.45, 2.75) is 11.8 Å². The third kappa shape index (κ3) is 2.25. The minimum absolute atomic E-state index is 0.406. The molecule has 7 heteroatoms. The van der Waals surface area contributed by atoms with Crippen LogP contribution in [0.2, 0.25) is 0 Å². The Morgan fingerprint density at radius 2 is 2.44 bits per heavy atom. The molecule has 0 radical (unpaired) electrons. The highest BCUT2D eigenvalue weighted by atomic mass is 32.2. The quantitative estimate of drug-likeness (QED) is 0.846. The first-order valence-corrected chi connectivity index (χ1v) is 6.15. The number of aryl methyl sites for hydroxylation is 1. The first kappa shape index (κ1) is 11.2. The van der Waals surface area contributed by atoms with Crippen molar-refractivity contribution in [3.8, 4) is 0 Å². The largest absolute Gasteiger partial charge is 0.337 e. The third-order valence-corrected chi connectivity index (χ3v) is 2.65. The Morgan fingerprint density at radius 1 is 1.62 bits per heavy atom. The molecule has 16 heavy (non-hydrogen) atoms. The smallest absolute Gasteiger partial charge is 0.248 e. The molecule has 0 bridgehead atoms. The summed E-state index contributed by atoms with van der Waals surface area (Å²) in [5.41, 5.74) is 6.85. The van der Waals surface area contributed by atoms with Crippen LogP contribution in [0.1, 0.15) is 23.3 Å². The second kappa shape index (κ2) is 4.67. The van der Waals surface area contributed by atoms with Crippen molar-refractivity contribution in [1.29, 1.82) is 0 Å². The monoisotopic (exact) mass is 239 g/mol. The summed E-state index contributed by atoms with van der Waals surface area (Å²) in [7, 11) is 1.84. The highest BCUT2D eigenvalue weighted by molar-refractivity contribution is 7.97. The van der Waals surface area contributed by atoms with Crippen molar-refractivity contribution in [2.75, 3.05) is 6.26 Å². The molecule has 2 heterocycles. The van der Waals surface area contributed by atoms with Crippen LogP contribution in [0.3, 0.4) is 0 Å². The van der Waals surface area contributed by atoms with E-state index in [1.807, 2.05) is 19.5 Å². The minimum atomic E-state index is -0.406. The summed E-state index contributed by atoms with van der Waals surface area (Å²) in [5.74, 6) is 1.82. The fraction of sp³-hybridized carbons (Fsp3) is 0.444. The lowest BCUT2D eigenvalue weighted by atomic mass is 10.2. The van der Waals surface area contributed by atoms with Gasteiger partial charge in [0, 0.05) is 18.8 Å². The number of nitrogens with zero attached hydrogens (tertiary/aromatic N) is 4. The standard InChI is InChI=1S/C9H13N5OS/c1-14-4-6(3-11-14)8(10)9-12-7(5-16-2)13-15-9/h3-4,8H,5,10H2,1-2H3. The molecule has 1 unspecified atom stereocenters. The molecule has 0 spiro atoms. The predicted molar refractivity (Wildman–Crippen MR) is 60.8 cm³/mol. The zero-order valence-electron chi connectivity index (χ0n) is 9.12. The number of aromatic nitrogens is 4. The van der Waals surface area contributed by atoms with Gasteiger partial charge in [-0.25, -0.2) is 0 Å². The summed E-state index contributed by atoms with van der Waals surface area (Å²) in [4.78, 5) is 4.22. The van der Waals surface area contributed by atoms with E-state index < -0.39 is 6.04 Å². The normalized spacial score (nSPS) is 12.9. The van der Waals surface area contributed by atoms with E-state index in [1.165, 1.54) is 0 Å². The van der Waals surface area contributed by atoms with E-state index in [2.05, 4.69) is 15.2 Å². The SMILES string of the molecule is CSCc1noc(C(N)c2cnn(C)c2)n1. The van der Waals surface area contributed by atoms with Crippen LogP contribution in [0.15, 0.2) is 16.9 Å². The van der Waals surface area contributed by atoms with Gasteiger partial charge in [0.25, 0.3) is 0 Å². The van der Waals surface area contributed by atoms with Gasteiger partial charge in [-0.1, -0.05) is 5.16 Å². The van der Waals surface area contributed by atoms with Gasteiger partial charge in [-0.15, -0.1) is 0 Å².